The number of carbonyl (C=O) groups is 2. The molecule has 0 aliphatic rings. The average Bonchev–Trinajstić information content (AvgIpc) is 2.64. The van der Waals surface area contributed by atoms with E-state index in [0.29, 0.717) is 22.5 Å². The molecule has 4 nitrogen and oxygen atoms in total. The fourth-order valence-electron chi connectivity index (χ4n) is 2.27. The molecule has 0 aromatic heterocycles. The van der Waals surface area contributed by atoms with E-state index in [9.17, 15) is 9.59 Å². The lowest BCUT2D eigenvalue weighted by atomic mass is 10.2. The first kappa shape index (κ1) is 17.2. The minimum absolute atomic E-state index is 0.161. The molecule has 0 radical (unpaired) electrons. The Labute approximate surface area is 159 Å². The van der Waals surface area contributed by atoms with Gasteiger partial charge in [-0.05, 0) is 71.1 Å². The zero-order valence-electron chi connectivity index (χ0n) is 13.2. The number of carbonyl (C=O) groups excluding carboxylic acids is 2. The van der Waals surface area contributed by atoms with Gasteiger partial charge in [-0.3, -0.25) is 9.59 Å². The van der Waals surface area contributed by atoms with Gasteiger partial charge in [-0.1, -0.05) is 30.3 Å². The molecule has 0 spiro atoms. The smallest absolute Gasteiger partial charge is 0.256 e. The summed E-state index contributed by atoms with van der Waals surface area (Å²) >= 11 is 2.13. The third kappa shape index (κ3) is 4.45. The van der Waals surface area contributed by atoms with Gasteiger partial charge in [0, 0.05) is 20.5 Å². The van der Waals surface area contributed by atoms with E-state index in [0.717, 1.165) is 3.57 Å². The normalized spacial score (nSPS) is 10.1. The number of anilines is 2. The lowest BCUT2D eigenvalue weighted by Crippen LogP contribution is -2.14. The van der Waals surface area contributed by atoms with Crippen molar-refractivity contribution < 1.29 is 9.59 Å². The van der Waals surface area contributed by atoms with E-state index in [4.69, 9.17) is 0 Å². The van der Waals surface area contributed by atoms with Crippen molar-refractivity contribution in [1.29, 1.82) is 0 Å². The summed E-state index contributed by atoms with van der Waals surface area (Å²) in [6.07, 6.45) is 0. The highest BCUT2D eigenvalue weighted by atomic mass is 127. The molecule has 0 bridgehead atoms. The zero-order chi connectivity index (χ0) is 17.6. The van der Waals surface area contributed by atoms with Crippen molar-refractivity contribution in [3.8, 4) is 0 Å². The average molecular weight is 442 g/mol. The van der Waals surface area contributed by atoms with Crippen molar-refractivity contribution in [2.24, 2.45) is 0 Å². The second-order valence-corrected chi connectivity index (χ2v) is 6.49. The molecule has 3 aromatic carbocycles. The molecule has 25 heavy (non-hydrogen) atoms. The van der Waals surface area contributed by atoms with E-state index in [1.165, 1.54) is 0 Å². The van der Waals surface area contributed by atoms with Gasteiger partial charge in [-0.15, -0.1) is 0 Å². The maximum atomic E-state index is 12.3. The van der Waals surface area contributed by atoms with Gasteiger partial charge in [-0.25, -0.2) is 0 Å². The van der Waals surface area contributed by atoms with E-state index < -0.39 is 0 Å². The Morgan fingerprint density at radius 1 is 0.640 bits per heavy atom. The Morgan fingerprint density at radius 2 is 1.16 bits per heavy atom. The number of amides is 2. The SMILES string of the molecule is O=C(Nc1ccc(NC(=O)c2ccccc2I)cc1)c1ccccc1. The molecule has 0 saturated heterocycles. The van der Waals surface area contributed by atoms with Crippen molar-refractivity contribution in [3.63, 3.8) is 0 Å². The van der Waals surface area contributed by atoms with Gasteiger partial charge < -0.3 is 10.6 Å². The molecule has 0 atom stereocenters. The fraction of sp³-hybridized carbons (Fsp3) is 0. The molecule has 0 fully saturated rings. The molecule has 0 heterocycles. The van der Waals surface area contributed by atoms with E-state index in [1.807, 2.05) is 36.4 Å². The molecule has 124 valence electrons. The highest BCUT2D eigenvalue weighted by Gasteiger charge is 2.10. The predicted octanol–water partition coefficient (Wildman–Crippen LogP) is 4.80. The Morgan fingerprint density at radius 3 is 1.76 bits per heavy atom. The molecule has 0 unspecified atom stereocenters. The summed E-state index contributed by atoms with van der Waals surface area (Å²) in [5.41, 5.74) is 2.56. The number of nitrogens with one attached hydrogen (secondary N) is 2. The Balaban J connectivity index is 1.65. The minimum atomic E-state index is -0.170. The molecule has 0 aliphatic carbocycles. The van der Waals surface area contributed by atoms with Crippen molar-refractivity contribution >= 4 is 45.8 Å². The molecule has 5 heteroatoms. The summed E-state index contributed by atoms with van der Waals surface area (Å²) in [7, 11) is 0. The number of hydrogen-bond donors (Lipinski definition) is 2. The quantitative estimate of drug-likeness (QED) is 0.571. The monoisotopic (exact) mass is 442 g/mol. The van der Waals surface area contributed by atoms with Crippen LogP contribution < -0.4 is 10.6 Å². The predicted molar refractivity (Wildman–Crippen MR) is 108 cm³/mol. The van der Waals surface area contributed by atoms with Crippen molar-refractivity contribution in [2.75, 3.05) is 10.6 Å². The Kier molecular flexibility index (Phi) is 5.45. The summed E-state index contributed by atoms with van der Waals surface area (Å²) in [4.78, 5) is 24.4. The summed E-state index contributed by atoms with van der Waals surface area (Å²) in [5, 5.41) is 5.68. The third-order valence-corrected chi connectivity index (χ3v) is 4.50. The van der Waals surface area contributed by atoms with Gasteiger partial charge in [0.1, 0.15) is 0 Å². The molecular weight excluding hydrogens is 427 g/mol. The minimum Gasteiger partial charge on any atom is -0.322 e. The molecule has 0 aliphatic heterocycles. The van der Waals surface area contributed by atoms with Crippen LogP contribution in [0.3, 0.4) is 0 Å². The lowest BCUT2D eigenvalue weighted by molar-refractivity contribution is 0.101. The first-order valence-electron chi connectivity index (χ1n) is 7.66. The van der Waals surface area contributed by atoms with E-state index in [2.05, 4.69) is 33.2 Å². The van der Waals surface area contributed by atoms with Crippen LogP contribution in [-0.2, 0) is 0 Å². The highest BCUT2D eigenvalue weighted by molar-refractivity contribution is 14.1. The lowest BCUT2D eigenvalue weighted by Gasteiger charge is -2.09. The van der Waals surface area contributed by atoms with E-state index in [1.54, 1.807) is 42.5 Å². The van der Waals surface area contributed by atoms with Crippen LogP contribution in [0.4, 0.5) is 11.4 Å². The van der Waals surface area contributed by atoms with Crippen LogP contribution >= 0.6 is 22.6 Å². The van der Waals surface area contributed by atoms with Crippen LogP contribution in [0.2, 0.25) is 0 Å². The second kappa shape index (κ2) is 7.94. The van der Waals surface area contributed by atoms with Crippen LogP contribution in [0.1, 0.15) is 20.7 Å². The van der Waals surface area contributed by atoms with Gasteiger partial charge in [0.2, 0.25) is 0 Å². The summed E-state index contributed by atoms with van der Waals surface area (Å²) < 4.78 is 0.893. The highest BCUT2D eigenvalue weighted by Crippen LogP contribution is 2.17. The van der Waals surface area contributed by atoms with Gasteiger partial charge in [0.05, 0.1) is 5.56 Å². The standard InChI is InChI=1S/C20H15IN2O2/c21-18-9-5-4-8-17(18)20(25)23-16-12-10-15(11-13-16)22-19(24)14-6-2-1-3-7-14/h1-13H,(H,22,24)(H,23,25). The summed E-state index contributed by atoms with van der Waals surface area (Å²) in [6.45, 7) is 0. The van der Waals surface area contributed by atoms with Crippen LogP contribution in [-0.4, -0.2) is 11.8 Å². The number of hydrogen-bond acceptors (Lipinski definition) is 2. The van der Waals surface area contributed by atoms with Gasteiger partial charge in [-0.2, -0.15) is 0 Å². The van der Waals surface area contributed by atoms with Gasteiger partial charge in [0.25, 0.3) is 11.8 Å². The zero-order valence-corrected chi connectivity index (χ0v) is 15.4. The Hall–Kier alpha value is -2.67. The molecule has 2 N–H and O–H groups in total. The maximum absolute atomic E-state index is 12.3. The Bertz CT molecular complexity index is 893. The first-order chi connectivity index (χ1) is 12.1. The first-order valence-corrected chi connectivity index (χ1v) is 8.74. The second-order valence-electron chi connectivity index (χ2n) is 5.33. The van der Waals surface area contributed by atoms with Crippen LogP contribution in [0.15, 0.2) is 78.9 Å². The van der Waals surface area contributed by atoms with Gasteiger partial charge >= 0.3 is 0 Å². The van der Waals surface area contributed by atoms with Crippen molar-refractivity contribution in [3.05, 3.63) is 93.6 Å². The number of halogens is 1. The largest absolute Gasteiger partial charge is 0.322 e. The summed E-state index contributed by atoms with van der Waals surface area (Å²) in [6, 6.07) is 23.4. The van der Waals surface area contributed by atoms with E-state index in [-0.39, 0.29) is 11.8 Å². The van der Waals surface area contributed by atoms with Crippen molar-refractivity contribution in [1.82, 2.24) is 0 Å². The topological polar surface area (TPSA) is 58.2 Å². The van der Waals surface area contributed by atoms with Crippen LogP contribution in [0.25, 0.3) is 0 Å². The molecule has 3 aromatic rings. The van der Waals surface area contributed by atoms with Crippen LogP contribution in [0.5, 0.6) is 0 Å². The fourth-order valence-corrected chi connectivity index (χ4v) is 2.91. The number of benzene rings is 3. The molecular formula is C20H15IN2O2. The van der Waals surface area contributed by atoms with E-state index >= 15 is 0 Å². The van der Waals surface area contributed by atoms with Crippen molar-refractivity contribution in [2.45, 2.75) is 0 Å². The van der Waals surface area contributed by atoms with Gasteiger partial charge in [0.15, 0.2) is 0 Å². The summed E-state index contributed by atoms with van der Waals surface area (Å²) in [5.74, 6) is -0.331. The molecule has 3 rings (SSSR count). The molecule has 0 saturated carbocycles. The molecule has 2 amide bonds. The number of rotatable bonds is 4. The maximum Gasteiger partial charge on any atom is 0.256 e. The van der Waals surface area contributed by atoms with Crippen LogP contribution in [0, 0.1) is 3.57 Å². The third-order valence-electron chi connectivity index (χ3n) is 3.56.